The van der Waals surface area contributed by atoms with Crippen molar-refractivity contribution in [3.8, 4) is 0 Å². The highest BCUT2D eigenvalue weighted by atomic mass is 16.7. The fourth-order valence-corrected chi connectivity index (χ4v) is 6.44. The zero-order valence-corrected chi connectivity index (χ0v) is 35.6. The number of carbonyl (C=O) groups is 1. The van der Waals surface area contributed by atoms with E-state index < -0.39 is 49.5 Å². The summed E-state index contributed by atoms with van der Waals surface area (Å²) in [4.78, 5) is 12.9. The summed E-state index contributed by atoms with van der Waals surface area (Å²) in [5, 5.41) is 54.2. The molecule has 0 saturated carbocycles. The molecule has 1 aliphatic heterocycles. The van der Waals surface area contributed by atoms with Crippen molar-refractivity contribution in [1.82, 2.24) is 5.32 Å². The van der Waals surface area contributed by atoms with Crippen molar-refractivity contribution >= 4 is 5.91 Å². The Hall–Kier alpha value is -2.63. The summed E-state index contributed by atoms with van der Waals surface area (Å²) in [6, 6.07) is -0.753. The molecule has 0 radical (unpaired) electrons. The number of hydrogen-bond donors (Lipinski definition) is 6. The van der Waals surface area contributed by atoms with Crippen LogP contribution in [0.3, 0.4) is 0 Å². The van der Waals surface area contributed by atoms with Gasteiger partial charge in [-0.2, -0.15) is 0 Å². The van der Waals surface area contributed by atoms with Gasteiger partial charge in [0.1, 0.15) is 24.4 Å². The van der Waals surface area contributed by atoms with Gasteiger partial charge >= 0.3 is 0 Å². The third kappa shape index (κ3) is 28.4. The topological polar surface area (TPSA) is 149 Å². The molecule has 7 atom stereocenters. The van der Waals surface area contributed by atoms with Crippen molar-refractivity contribution in [3.63, 3.8) is 0 Å². The van der Waals surface area contributed by atoms with E-state index in [2.05, 4.69) is 104 Å². The van der Waals surface area contributed by atoms with Crippen molar-refractivity contribution in [2.45, 2.75) is 198 Å². The van der Waals surface area contributed by atoms with Crippen LogP contribution in [-0.2, 0) is 14.3 Å². The average Bonchev–Trinajstić information content (AvgIpc) is 3.21. The maximum Gasteiger partial charge on any atom is 0.220 e. The van der Waals surface area contributed by atoms with E-state index in [0.717, 1.165) is 70.6 Å². The van der Waals surface area contributed by atoms with Crippen LogP contribution in [0, 0.1) is 0 Å². The molecule has 0 spiro atoms. The highest BCUT2D eigenvalue weighted by molar-refractivity contribution is 5.76. The number of ether oxygens (including phenoxy) is 2. The van der Waals surface area contributed by atoms with E-state index in [-0.39, 0.29) is 18.9 Å². The summed E-state index contributed by atoms with van der Waals surface area (Å²) < 4.78 is 11.2. The normalized spacial score (nSPS) is 21.8. The van der Waals surface area contributed by atoms with Gasteiger partial charge in [-0.25, -0.2) is 0 Å². The largest absolute Gasteiger partial charge is 0.394 e. The summed E-state index contributed by atoms with van der Waals surface area (Å²) >= 11 is 0. The van der Waals surface area contributed by atoms with Gasteiger partial charge in [-0.1, -0.05) is 170 Å². The van der Waals surface area contributed by atoms with Crippen molar-refractivity contribution in [3.05, 3.63) is 85.1 Å². The molecule has 7 unspecified atom stereocenters. The summed E-state index contributed by atoms with van der Waals surface area (Å²) in [5.74, 6) is -0.208. The monoisotopic (exact) mass is 800 g/mol. The van der Waals surface area contributed by atoms with Crippen LogP contribution in [-0.4, -0.2) is 87.5 Å². The minimum absolute atomic E-state index is 0.167. The Morgan fingerprint density at radius 3 is 1.54 bits per heavy atom. The molecule has 1 heterocycles. The van der Waals surface area contributed by atoms with Gasteiger partial charge in [-0.3, -0.25) is 4.79 Å². The highest BCUT2D eigenvalue weighted by Crippen LogP contribution is 2.23. The third-order valence-corrected chi connectivity index (χ3v) is 10.0. The van der Waals surface area contributed by atoms with E-state index in [1.807, 2.05) is 0 Å². The van der Waals surface area contributed by atoms with E-state index in [1.165, 1.54) is 51.4 Å². The van der Waals surface area contributed by atoms with Gasteiger partial charge in [-0.05, 0) is 64.2 Å². The number of amides is 1. The first kappa shape index (κ1) is 52.4. The lowest BCUT2D eigenvalue weighted by atomic mass is 9.99. The second-order valence-corrected chi connectivity index (χ2v) is 15.1. The van der Waals surface area contributed by atoms with Gasteiger partial charge < -0.3 is 40.3 Å². The Bertz CT molecular complexity index is 1160. The fourth-order valence-electron chi connectivity index (χ4n) is 6.44. The van der Waals surface area contributed by atoms with E-state index in [1.54, 1.807) is 0 Å². The van der Waals surface area contributed by atoms with Crippen molar-refractivity contribution in [2.24, 2.45) is 0 Å². The molecule has 0 aromatic carbocycles. The molecular weight excluding hydrogens is 719 g/mol. The smallest absolute Gasteiger partial charge is 0.220 e. The summed E-state index contributed by atoms with van der Waals surface area (Å²) in [7, 11) is 0. The van der Waals surface area contributed by atoms with Crippen LogP contribution < -0.4 is 5.32 Å². The van der Waals surface area contributed by atoms with Gasteiger partial charge in [-0.15, -0.1) is 0 Å². The first-order valence-corrected chi connectivity index (χ1v) is 22.3. The molecule has 9 heteroatoms. The summed E-state index contributed by atoms with van der Waals surface area (Å²) in [5.41, 5.74) is 0. The van der Waals surface area contributed by atoms with Crippen LogP contribution in [0.15, 0.2) is 85.1 Å². The summed E-state index contributed by atoms with van der Waals surface area (Å²) in [6.45, 7) is 3.65. The number of hydrogen-bond acceptors (Lipinski definition) is 8. The molecule has 0 aromatic rings. The Labute approximate surface area is 346 Å². The average molecular weight is 800 g/mol. The van der Waals surface area contributed by atoms with E-state index in [9.17, 15) is 30.3 Å². The standard InChI is InChI=1S/C48H81NO8/c1-3-5-7-9-11-13-15-16-17-18-19-20-21-22-23-24-25-26-28-30-32-34-36-38-44(52)49-41(40-56-48-47(55)46(54)45(53)43(39-50)57-48)42(51)37-35-33-31-29-27-14-12-10-8-6-4-2/h5,7,11,13,16-17,19-20,22-23,25-26,30,32,41-43,45-48,50-51,53-55H,3-4,6,8-10,12,14-15,18,21,24,27-29,31,33-40H2,1-2H3,(H,49,52)/b7-5-,13-11-,17-16-,20-19-,23-22-,26-25-,32-30-. The van der Waals surface area contributed by atoms with Crippen LogP contribution in [0.1, 0.15) is 155 Å². The molecule has 0 bridgehead atoms. The van der Waals surface area contributed by atoms with Crippen LogP contribution in [0.2, 0.25) is 0 Å². The van der Waals surface area contributed by atoms with Crippen LogP contribution in [0.25, 0.3) is 0 Å². The van der Waals surface area contributed by atoms with Gasteiger partial charge in [0, 0.05) is 6.42 Å². The molecule has 1 rings (SSSR count). The molecule has 0 aliphatic carbocycles. The number of allylic oxidation sites excluding steroid dienone is 14. The van der Waals surface area contributed by atoms with E-state index in [4.69, 9.17) is 9.47 Å². The minimum atomic E-state index is -1.57. The fraction of sp³-hybridized carbons (Fsp3) is 0.688. The second kappa shape index (κ2) is 37.6. The molecule has 1 aliphatic rings. The molecule has 9 nitrogen and oxygen atoms in total. The molecule has 1 fully saturated rings. The third-order valence-electron chi connectivity index (χ3n) is 10.0. The van der Waals surface area contributed by atoms with Crippen molar-refractivity contribution < 1.29 is 39.8 Å². The van der Waals surface area contributed by atoms with Gasteiger partial charge in [0.25, 0.3) is 0 Å². The lowest BCUT2D eigenvalue weighted by molar-refractivity contribution is -0.302. The number of rotatable bonds is 35. The van der Waals surface area contributed by atoms with Crippen molar-refractivity contribution in [2.75, 3.05) is 13.2 Å². The second-order valence-electron chi connectivity index (χ2n) is 15.1. The van der Waals surface area contributed by atoms with Crippen LogP contribution >= 0.6 is 0 Å². The number of carbonyl (C=O) groups excluding carboxylic acids is 1. The van der Waals surface area contributed by atoms with Crippen LogP contribution in [0.5, 0.6) is 0 Å². The maximum absolute atomic E-state index is 12.9. The predicted molar refractivity (Wildman–Crippen MR) is 235 cm³/mol. The number of aliphatic hydroxyl groups is 5. The first-order valence-electron chi connectivity index (χ1n) is 22.3. The SMILES string of the molecule is CC/C=C\C/C=C\C/C=C\C/C=C\C/C=C\C/C=C\C/C=C\CCCC(=O)NC(COC1OC(CO)C(O)C(O)C1O)C(O)CCCCCCCCCCCCC. The number of aliphatic hydroxyl groups excluding tert-OH is 5. The molecule has 1 amide bonds. The van der Waals surface area contributed by atoms with E-state index >= 15 is 0 Å². The van der Waals surface area contributed by atoms with Gasteiger partial charge in [0.2, 0.25) is 5.91 Å². The number of unbranched alkanes of at least 4 members (excludes halogenated alkanes) is 11. The Kier molecular flexibility index (Phi) is 34.6. The lowest BCUT2D eigenvalue weighted by Gasteiger charge is -2.40. The molecular formula is C48H81NO8. The number of nitrogens with one attached hydrogen (secondary N) is 1. The molecule has 326 valence electrons. The zero-order valence-electron chi connectivity index (χ0n) is 35.6. The Morgan fingerprint density at radius 2 is 1.07 bits per heavy atom. The molecule has 6 N–H and O–H groups in total. The van der Waals surface area contributed by atoms with E-state index in [0.29, 0.717) is 12.8 Å². The minimum Gasteiger partial charge on any atom is -0.394 e. The quantitative estimate of drug-likeness (QED) is 0.0275. The zero-order chi connectivity index (χ0) is 41.6. The maximum atomic E-state index is 12.9. The Balaban J connectivity index is 2.38. The van der Waals surface area contributed by atoms with Crippen molar-refractivity contribution in [1.29, 1.82) is 0 Å². The van der Waals surface area contributed by atoms with Gasteiger partial charge in [0.15, 0.2) is 6.29 Å². The predicted octanol–water partition coefficient (Wildman–Crippen LogP) is 9.16. The Morgan fingerprint density at radius 1 is 0.614 bits per heavy atom. The molecule has 1 saturated heterocycles. The van der Waals surface area contributed by atoms with Gasteiger partial charge in [0.05, 0.1) is 25.4 Å². The molecule has 0 aromatic heterocycles. The van der Waals surface area contributed by atoms with Crippen LogP contribution in [0.4, 0.5) is 0 Å². The lowest BCUT2D eigenvalue weighted by Crippen LogP contribution is -2.60. The first-order chi connectivity index (χ1) is 27.8. The highest BCUT2D eigenvalue weighted by Gasteiger charge is 2.44. The summed E-state index contributed by atoms with van der Waals surface area (Å²) in [6.07, 6.45) is 44.5. The molecule has 57 heavy (non-hydrogen) atoms.